The van der Waals surface area contributed by atoms with E-state index in [0.717, 1.165) is 22.4 Å². The molecule has 0 fully saturated rings. The number of nitrogens with two attached hydrogens (primary N) is 1. The summed E-state index contributed by atoms with van der Waals surface area (Å²) in [5, 5.41) is 0. The van der Waals surface area contributed by atoms with Crippen LogP contribution in [0.4, 0.5) is 0 Å². The second kappa shape index (κ2) is 6.92. The molecule has 2 aromatic carbocycles. The van der Waals surface area contributed by atoms with Crippen LogP contribution < -0.4 is 10.5 Å². The largest absolute Gasteiger partial charge is 0.489 e. The minimum atomic E-state index is 0.531. The highest BCUT2D eigenvalue weighted by Gasteiger charge is 2.02. The summed E-state index contributed by atoms with van der Waals surface area (Å²) >= 11 is 0. The van der Waals surface area contributed by atoms with E-state index in [1.807, 2.05) is 48.5 Å². The molecule has 3 heteroatoms. The highest BCUT2D eigenvalue weighted by Crippen LogP contribution is 2.17. The summed E-state index contributed by atoms with van der Waals surface area (Å²) in [7, 11) is 1.69. The van der Waals surface area contributed by atoms with Gasteiger partial charge in [-0.3, -0.25) is 0 Å². The average Bonchev–Trinajstić information content (AvgIpc) is 2.46. The predicted octanol–water partition coefficient (Wildman–Crippen LogP) is 2.87. The number of benzene rings is 2. The van der Waals surface area contributed by atoms with Gasteiger partial charge in [0.25, 0.3) is 0 Å². The summed E-state index contributed by atoms with van der Waals surface area (Å²) < 4.78 is 10.9. The minimum absolute atomic E-state index is 0.531. The zero-order valence-corrected chi connectivity index (χ0v) is 11.1. The molecule has 0 saturated heterocycles. The van der Waals surface area contributed by atoms with Crippen LogP contribution in [0.25, 0.3) is 0 Å². The molecule has 0 aliphatic carbocycles. The Hall–Kier alpha value is -1.84. The Kier molecular flexibility index (Phi) is 4.95. The Morgan fingerprint density at radius 3 is 2.47 bits per heavy atom. The molecule has 0 saturated carbocycles. The lowest BCUT2D eigenvalue weighted by Gasteiger charge is -2.10. The number of methoxy groups -OCH3 is 1. The van der Waals surface area contributed by atoms with Gasteiger partial charge in [0.05, 0.1) is 6.61 Å². The van der Waals surface area contributed by atoms with Gasteiger partial charge in [0.1, 0.15) is 12.4 Å². The summed E-state index contributed by atoms with van der Waals surface area (Å²) in [6.45, 7) is 1.66. The molecule has 0 heterocycles. The van der Waals surface area contributed by atoms with Crippen molar-refractivity contribution in [1.29, 1.82) is 0 Å². The van der Waals surface area contributed by atoms with Crippen molar-refractivity contribution in [2.75, 3.05) is 7.11 Å². The fourth-order valence-electron chi connectivity index (χ4n) is 1.95. The first-order valence-corrected chi connectivity index (χ1v) is 6.31. The third-order valence-electron chi connectivity index (χ3n) is 2.94. The smallest absolute Gasteiger partial charge is 0.120 e. The minimum Gasteiger partial charge on any atom is -0.489 e. The number of hydrogen-bond acceptors (Lipinski definition) is 3. The van der Waals surface area contributed by atoms with E-state index in [-0.39, 0.29) is 0 Å². The number of ether oxygens (including phenoxy) is 2. The molecule has 2 N–H and O–H groups in total. The molecule has 0 bridgehead atoms. The number of rotatable bonds is 6. The average molecular weight is 257 g/mol. The first-order chi connectivity index (χ1) is 9.33. The molecule has 0 atom stereocenters. The summed E-state index contributed by atoms with van der Waals surface area (Å²) in [6.07, 6.45) is 0. The lowest BCUT2D eigenvalue weighted by Crippen LogP contribution is -2.04. The first-order valence-electron chi connectivity index (χ1n) is 6.31. The number of hydrogen-bond donors (Lipinski definition) is 1. The molecule has 19 heavy (non-hydrogen) atoms. The van der Waals surface area contributed by atoms with Crippen molar-refractivity contribution in [1.82, 2.24) is 0 Å². The normalized spacial score (nSPS) is 10.4. The Labute approximate surface area is 114 Å². The third kappa shape index (κ3) is 3.81. The highest BCUT2D eigenvalue weighted by atomic mass is 16.5. The molecule has 2 aromatic rings. The van der Waals surface area contributed by atoms with Gasteiger partial charge in [-0.1, -0.05) is 36.4 Å². The van der Waals surface area contributed by atoms with Crippen LogP contribution in [0.3, 0.4) is 0 Å². The molecular weight excluding hydrogens is 238 g/mol. The van der Waals surface area contributed by atoms with Gasteiger partial charge in [-0.15, -0.1) is 0 Å². The van der Waals surface area contributed by atoms with Gasteiger partial charge in [0.15, 0.2) is 0 Å². The molecule has 100 valence electrons. The third-order valence-corrected chi connectivity index (χ3v) is 2.94. The van der Waals surface area contributed by atoms with Crippen molar-refractivity contribution in [3.05, 3.63) is 65.2 Å². The summed E-state index contributed by atoms with van der Waals surface area (Å²) in [5.74, 6) is 0.848. The second-order valence-corrected chi connectivity index (χ2v) is 4.34. The maximum absolute atomic E-state index is 5.81. The Morgan fingerprint density at radius 2 is 1.74 bits per heavy atom. The van der Waals surface area contributed by atoms with Crippen LogP contribution in [0.1, 0.15) is 16.7 Å². The molecule has 2 rings (SSSR count). The van der Waals surface area contributed by atoms with Crippen molar-refractivity contribution in [2.45, 2.75) is 19.8 Å². The van der Waals surface area contributed by atoms with Crippen LogP contribution in [-0.2, 0) is 24.5 Å². The van der Waals surface area contributed by atoms with E-state index >= 15 is 0 Å². The van der Waals surface area contributed by atoms with Crippen LogP contribution in [-0.4, -0.2) is 7.11 Å². The van der Waals surface area contributed by atoms with E-state index < -0.39 is 0 Å². The zero-order chi connectivity index (χ0) is 13.5. The molecule has 3 nitrogen and oxygen atoms in total. The Bertz CT molecular complexity index is 526. The van der Waals surface area contributed by atoms with Gasteiger partial charge in [-0.2, -0.15) is 0 Å². The molecule has 0 aliphatic heterocycles. The van der Waals surface area contributed by atoms with E-state index in [2.05, 4.69) is 0 Å². The monoisotopic (exact) mass is 257 g/mol. The molecular formula is C16H19NO2. The molecule has 0 spiro atoms. The van der Waals surface area contributed by atoms with Crippen molar-refractivity contribution in [3.8, 4) is 5.75 Å². The van der Waals surface area contributed by atoms with Crippen LogP contribution in [0.15, 0.2) is 48.5 Å². The highest BCUT2D eigenvalue weighted by molar-refractivity contribution is 5.30. The SMILES string of the molecule is COCc1cccc(OCc2ccccc2CN)c1. The van der Waals surface area contributed by atoms with Gasteiger partial charge in [-0.25, -0.2) is 0 Å². The van der Waals surface area contributed by atoms with Crippen molar-refractivity contribution in [3.63, 3.8) is 0 Å². The van der Waals surface area contributed by atoms with Crippen molar-refractivity contribution in [2.24, 2.45) is 5.73 Å². The predicted molar refractivity (Wildman–Crippen MR) is 75.8 cm³/mol. The summed E-state index contributed by atoms with van der Waals surface area (Å²) in [6, 6.07) is 16.0. The first kappa shape index (κ1) is 13.6. The summed E-state index contributed by atoms with van der Waals surface area (Å²) in [4.78, 5) is 0. The fraction of sp³-hybridized carbons (Fsp3) is 0.250. The lowest BCUT2D eigenvalue weighted by atomic mass is 10.1. The second-order valence-electron chi connectivity index (χ2n) is 4.34. The molecule has 0 aliphatic rings. The quantitative estimate of drug-likeness (QED) is 0.865. The maximum atomic E-state index is 5.81. The maximum Gasteiger partial charge on any atom is 0.120 e. The van der Waals surface area contributed by atoms with Gasteiger partial charge in [-0.05, 0) is 28.8 Å². The van der Waals surface area contributed by atoms with E-state index in [1.54, 1.807) is 7.11 Å². The Balaban J connectivity index is 2.03. The van der Waals surface area contributed by atoms with Gasteiger partial charge >= 0.3 is 0 Å². The van der Waals surface area contributed by atoms with Crippen LogP contribution in [0.5, 0.6) is 5.75 Å². The molecule has 0 unspecified atom stereocenters. The zero-order valence-electron chi connectivity index (χ0n) is 11.1. The van der Waals surface area contributed by atoms with E-state index in [1.165, 1.54) is 0 Å². The molecule has 0 aromatic heterocycles. The van der Waals surface area contributed by atoms with Gasteiger partial charge in [0, 0.05) is 13.7 Å². The topological polar surface area (TPSA) is 44.5 Å². The van der Waals surface area contributed by atoms with E-state index in [4.69, 9.17) is 15.2 Å². The van der Waals surface area contributed by atoms with Crippen LogP contribution in [0, 0.1) is 0 Å². The van der Waals surface area contributed by atoms with E-state index in [0.29, 0.717) is 19.8 Å². The van der Waals surface area contributed by atoms with Gasteiger partial charge in [0.2, 0.25) is 0 Å². The molecule has 0 amide bonds. The van der Waals surface area contributed by atoms with Crippen molar-refractivity contribution < 1.29 is 9.47 Å². The van der Waals surface area contributed by atoms with Crippen LogP contribution >= 0.6 is 0 Å². The molecule has 0 radical (unpaired) electrons. The van der Waals surface area contributed by atoms with Gasteiger partial charge < -0.3 is 15.2 Å². The standard InChI is InChI=1S/C16H19NO2/c1-18-11-13-5-4-8-16(9-13)19-12-15-7-3-2-6-14(15)10-17/h2-9H,10-12,17H2,1H3. The van der Waals surface area contributed by atoms with E-state index in [9.17, 15) is 0 Å². The Morgan fingerprint density at radius 1 is 0.947 bits per heavy atom. The lowest BCUT2D eigenvalue weighted by molar-refractivity contribution is 0.184. The fourth-order valence-corrected chi connectivity index (χ4v) is 1.95. The van der Waals surface area contributed by atoms with Crippen LogP contribution in [0.2, 0.25) is 0 Å². The van der Waals surface area contributed by atoms with Crippen molar-refractivity contribution >= 4 is 0 Å². The summed E-state index contributed by atoms with van der Waals surface area (Å²) in [5.41, 5.74) is 9.06.